The van der Waals surface area contributed by atoms with Gasteiger partial charge in [0.2, 0.25) is 0 Å². The monoisotopic (exact) mass is 290 g/mol. The summed E-state index contributed by atoms with van der Waals surface area (Å²) in [5.74, 6) is 0. The van der Waals surface area contributed by atoms with E-state index in [-0.39, 0.29) is 5.60 Å². The Morgan fingerprint density at radius 2 is 2.24 bits per heavy atom. The molecule has 1 spiro atoms. The molecule has 0 bridgehead atoms. The molecule has 2 saturated heterocycles. The Bertz CT molecular complexity index is 485. The van der Waals surface area contributed by atoms with E-state index in [1.807, 2.05) is 12.1 Å². The number of anilines is 1. The second kappa shape index (κ2) is 5.95. The first-order chi connectivity index (χ1) is 10.1. The van der Waals surface area contributed by atoms with Gasteiger partial charge in [0.15, 0.2) is 0 Å². The fourth-order valence-electron chi connectivity index (χ4n) is 3.58. The molecule has 116 valence electrons. The average Bonchev–Trinajstić information content (AvgIpc) is 2.93. The van der Waals surface area contributed by atoms with Crippen LogP contribution in [-0.2, 0) is 9.47 Å². The molecular weight excluding hydrogens is 264 g/mol. The van der Waals surface area contributed by atoms with Crippen LogP contribution in [0.1, 0.15) is 37.8 Å². The second-order valence-corrected chi connectivity index (χ2v) is 6.49. The van der Waals surface area contributed by atoms with Crippen LogP contribution in [0.3, 0.4) is 0 Å². The lowest BCUT2D eigenvalue weighted by atomic mass is 9.88. The van der Waals surface area contributed by atoms with Crippen LogP contribution in [-0.4, -0.2) is 43.4 Å². The molecule has 0 aliphatic carbocycles. The van der Waals surface area contributed by atoms with Gasteiger partial charge in [-0.2, -0.15) is 0 Å². The first kappa shape index (κ1) is 14.8. The summed E-state index contributed by atoms with van der Waals surface area (Å²) in [5, 5.41) is 0. The van der Waals surface area contributed by atoms with Crippen molar-refractivity contribution in [1.82, 2.24) is 4.90 Å². The minimum Gasteiger partial charge on any atom is -0.399 e. The van der Waals surface area contributed by atoms with Crippen LogP contribution in [0.25, 0.3) is 0 Å². The normalized spacial score (nSPS) is 30.9. The molecule has 3 rings (SSSR count). The first-order valence-electron chi connectivity index (χ1n) is 7.89. The zero-order valence-electron chi connectivity index (χ0n) is 13.0. The molecule has 1 aromatic carbocycles. The summed E-state index contributed by atoms with van der Waals surface area (Å²) in [4.78, 5) is 2.47. The summed E-state index contributed by atoms with van der Waals surface area (Å²) in [7, 11) is 2.22. The summed E-state index contributed by atoms with van der Waals surface area (Å²) in [6.07, 6.45) is 3.19. The number of ether oxygens (including phenoxy) is 2. The summed E-state index contributed by atoms with van der Waals surface area (Å²) in [6.45, 7) is 4.68. The van der Waals surface area contributed by atoms with Gasteiger partial charge >= 0.3 is 0 Å². The third-order valence-corrected chi connectivity index (χ3v) is 5.11. The predicted molar refractivity (Wildman–Crippen MR) is 84.2 cm³/mol. The van der Waals surface area contributed by atoms with E-state index < -0.39 is 0 Å². The van der Waals surface area contributed by atoms with Crippen molar-refractivity contribution in [3.8, 4) is 0 Å². The van der Waals surface area contributed by atoms with Gasteiger partial charge in [0, 0.05) is 37.4 Å². The molecule has 0 saturated carbocycles. The Labute approximate surface area is 127 Å². The molecule has 2 aliphatic rings. The van der Waals surface area contributed by atoms with E-state index in [4.69, 9.17) is 15.2 Å². The highest BCUT2D eigenvalue weighted by Crippen LogP contribution is 2.36. The van der Waals surface area contributed by atoms with E-state index in [1.54, 1.807) is 0 Å². The lowest BCUT2D eigenvalue weighted by Gasteiger charge is -2.43. The smallest absolute Gasteiger partial charge is 0.0951 e. The summed E-state index contributed by atoms with van der Waals surface area (Å²) in [5.41, 5.74) is 7.99. The van der Waals surface area contributed by atoms with E-state index in [0.29, 0.717) is 12.1 Å². The molecule has 21 heavy (non-hydrogen) atoms. The van der Waals surface area contributed by atoms with Crippen molar-refractivity contribution in [2.45, 2.75) is 43.9 Å². The molecule has 4 nitrogen and oxygen atoms in total. The van der Waals surface area contributed by atoms with Gasteiger partial charge in [-0.15, -0.1) is 0 Å². The largest absolute Gasteiger partial charge is 0.399 e. The maximum atomic E-state index is 6.04. The van der Waals surface area contributed by atoms with Crippen LogP contribution in [0.5, 0.6) is 0 Å². The Morgan fingerprint density at radius 3 is 2.95 bits per heavy atom. The third-order valence-electron chi connectivity index (χ3n) is 5.11. The summed E-state index contributed by atoms with van der Waals surface area (Å²) >= 11 is 0. The fraction of sp³-hybridized carbons (Fsp3) is 0.647. The highest BCUT2D eigenvalue weighted by atomic mass is 16.6. The highest BCUT2D eigenvalue weighted by molar-refractivity contribution is 5.41. The minimum atomic E-state index is -0.0351. The maximum Gasteiger partial charge on any atom is 0.0951 e. The molecule has 0 aromatic heterocycles. The standard InChI is InChI=1S/C17H26N2O2/c1-13(14-4-3-5-15(18)10-14)19(2)16-6-8-21-17(11-16)7-9-20-12-17/h3-5,10,13,16H,6-9,11-12,18H2,1-2H3. The average molecular weight is 290 g/mol. The van der Waals surface area contributed by atoms with Crippen molar-refractivity contribution in [1.29, 1.82) is 0 Å². The molecule has 0 radical (unpaired) electrons. The third kappa shape index (κ3) is 3.07. The number of hydrogen-bond donors (Lipinski definition) is 1. The molecule has 2 N–H and O–H groups in total. The van der Waals surface area contributed by atoms with Gasteiger partial charge in [0.05, 0.1) is 12.2 Å². The number of hydrogen-bond acceptors (Lipinski definition) is 4. The molecule has 2 fully saturated rings. The van der Waals surface area contributed by atoms with E-state index in [1.165, 1.54) is 5.56 Å². The zero-order valence-corrected chi connectivity index (χ0v) is 13.0. The lowest BCUT2D eigenvalue weighted by Crippen LogP contribution is -2.48. The van der Waals surface area contributed by atoms with Crippen LogP contribution in [0.15, 0.2) is 24.3 Å². The van der Waals surface area contributed by atoms with Crippen LogP contribution < -0.4 is 5.73 Å². The van der Waals surface area contributed by atoms with Gasteiger partial charge in [-0.3, -0.25) is 4.90 Å². The molecule has 0 amide bonds. The van der Waals surface area contributed by atoms with Gasteiger partial charge in [-0.1, -0.05) is 12.1 Å². The molecule has 1 aromatic rings. The van der Waals surface area contributed by atoms with Crippen molar-refractivity contribution >= 4 is 5.69 Å². The maximum absolute atomic E-state index is 6.04. The minimum absolute atomic E-state index is 0.0351. The zero-order chi connectivity index (χ0) is 14.9. The van der Waals surface area contributed by atoms with Crippen LogP contribution in [0.2, 0.25) is 0 Å². The van der Waals surface area contributed by atoms with Gasteiger partial charge < -0.3 is 15.2 Å². The van der Waals surface area contributed by atoms with Crippen molar-refractivity contribution in [2.24, 2.45) is 0 Å². The number of rotatable bonds is 3. The van der Waals surface area contributed by atoms with Gasteiger partial charge in [-0.25, -0.2) is 0 Å². The first-order valence-corrected chi connectivity index (χ1v) is 7.89. The number of nitrogen functional groups attached to an aromatic ring is 1. The molecule has 4 heteroatoms. The van der Waals surface area contributed by atoms with Gasteiger partial charge in [0.1, 0.15) is 0 Å². The van der Waals surface area contributed by atoms with E-state index >= 15 is 0 Å². The predicted octanol–water partition coefficient (Wildman–Crippen LogP) is 2.60. The Balaban J connectivity index is 1.70. The quantitative estimate of drug-likeness (QED) is 0.869. The van der Waals surface area contributed by atoms with Crippen LogP contribution in [0.4, 0.5) is 5.69 Å². The van der Waals surface area contributed by atoms with Gasteiger partial charge in [-0.05, 0) is 44.5 Å². The Morgan fingerprint density at radius 1 is 1.38 bits per heavy atom. The lowest BCUT2D eigenvalue weighted by molar-refractivity contribution is -0.107. The second-order valence-electron chi connectivity index (χ2n) is 6.49. The van der Waals surface area contributed by atoms with Crippen molar-refractivity contribution in [3.05, 3.63) is 29.8 Å². The van der Waals surface area contributed by atoms with Crippen molar-refractivity contribution in [2.75, 3.05) is 32.6 Å². The molecule has 3 unspecified atom stereocenters. The Hall–Kier alpha value is -1.10. The van der Waals surface area contributed by atoms with Crippen LogP contribution >= 0.6 is 0 Å². The van der Waals surface area contributed by atoms with E-state index in [0.717, 1.165) is 44.8 Å². The molecular formula is C17H26N2O2. The number of benzene rings is 1. The van der Waals surface area contributed by atoms with E-state index in [2.05, 4.69) is 31.0 Å². The summed E-state index contributed by atoms with van der Waals surface area (Å²) < 4.78 is 11.6. The molecule has 2 aliphatic heterocycles. The summed E-state index contributed by atoms with van der Waals surface area (Å²) in [6, 6.07) is 9.11. The SMILES string of the molecule is CC(c1cccc(N)c1)N(C)C1CCOC2(CCOC2)C1. The fourth-order valence-corrected chi connectivity index (χ4v) is 3.58. The highest BCUT2D eigenvalue weighted by Gasteiger charge is 2.42. The van der Waals surface area contributed by atoms with Crippen molar-refractivity contribution < 1.29 is 9.47 Å². The molecule has 3 atom stereocenters. The van der Waals surface area contributed by atoms with Gasteiger partial charge in [0.25, 0.3) is 0 Å². The van der Waals surface area contributed by atoms with Crippen molar-refractivity contribution in [3.63, 3.8) is 0 Å². The molecule has 2 heterocycles. The number of nitrogens with two attached hydrogens (primary N) is 1. The van der Waals surface area contributed by atoms with E-state index in [9.17, 15) is 0 Å². The Kier molecular flexibility index (Phi) is 4.20. The van der Waals surface area contributed by atoms with Crippen LogP contribution in [0, 0.1) is 0 Å². The topological polar surface area (TPSA) is 47.7 Å². The number of nitrogens with zero attached hydrogens (tertiary/aromatic N) is 1.